The number of hydrogen-bond donors (Lipinski definition) is 1. The predicted molar refractivity (Wildman–Crippen MR) is 136 cm³/mol. The maximum atomic E-state index is 3.91. The van der Waals surface area contributed by atoms with Crippen molar-refractivity contribution in [2.24, 2.45) is 16.7 Å². The number of benzene rings is 3. The third-order valence-electron chi connectivity index (χ3n) is 10.5. The van der Waals surface area contributed by atoms with E-state index in [0.717, 1.165) is 0 Å². The van der Waals surface area contributed by atoms with Gasteiger partial charge >= 0.3 is 0 Å². The molecule has 2 fully saturated rings. The van der Waals surface area contributed by atoms with E-state index in [9.17, 15) is 0 Å². The molecule has 3 aromatic rings. The third-order valence-corrected chi connectivity index (χ3v) is 10.5. The molecule has 2 aliphatic carbocycles. The maximum Gasteiger partial charge on any atom is 0.113 e. The second-order valence-electron chi connectivity index (χ2n) is 11.3. The van der Waals surface area contributed by atoms with Gasteiger partial charge in [0.2, 0.25) is 0 Å². The van der Waals surface area contributed by atoms with Crippen LogP contribution in [0.25, 0.3) is 0 Å². The first kappa shape index (κ1) is 18.3. The lowest BCUT2D eigenvalue weighted by Gasteiger charge is -2.52. The zero-order valence-corrected chi connectivity index (χ0v) is 19.9. The van der Waals surface area contributed by atoms with Crippen LogP contribution < -0.4 is 20.0 Å². The highest BCUT2D eigenvalue weighted by atomic mass is 15.5. The van der Waals surface area contributed by atoms with Crippen molar-refractivity contribution in [3.05, 3.63) is 72.3 Å². The molecule has 3 heterocycles. The van der Waals surface area contributed by atoms with Gasteiger partial charge in [-0.05, 0) is 49.2 Å². The summed E-state index contributed by atoms with van der Waals surface area (Å²) in [5.74, 6) is 0.661. The molecule has 4 heteroatoms. The Labute approximate surface area is 195 Å². The molecule has 166 valence electrons. The molecule has 6 atom stereocenters. The fourth-order valence-electron chi connectivity index (χ4n) is 9.25. The Morgan fingerprint density at radius 2 is 1.33 bits per heavy atom. The lowest BCUT2D eigenvalue weighted by molar-refractivity contribution is 0.141. The van der Waals surface area contributed by atoms with Gasteiger partial charge in [-0.3, -0.25) is 0 Å². The van der Waals surface area contributed by atoms with E-state index < -0.39 is 0 Å². The predicted octanol–water partition coefficient (Wildman–Crippen LogP) is 6.09. The summed E-state index contributed by atoms with van der Waals surface area (Å²) < 4.78 is 0. The van der Waals surface area contributed by atoms with Gasteiger partial charge in [-0.2, -0.15) is 0 Å². The minimum absolute atomic E-state index is 0.187. The van der Waals surface area contributed by atoms with Crippen molar-refractivity contribution in [3.8, 4) is 0 Å². The highest BCUT2D eigenvalue weighted by Crippen LogP contribution is 3.01. The van der Waals surface area contributed by atoms with Crippen LogP contribution in [-0.2, 0) is 5.41 Å². The Hall–Kier alpha value is -3.14. The molecular formula is C29H30N4. The van der Waals surface area contributed by atoms with Gasteiger partial charge in [0.25, 0.3) is 0 Å². The van der Waals surface area contributed by atoms with Crippen LogP contribution >= 0.6 is 0 Å². The lowest BCUT2D eigenvalue weighted by atomic mass is 9.64. The first-order valence-electron chi connectivity index (χ1n) is 12.2. The van der Waals surface area contributed by atoms with Gasteiger partial charge in [0.1, 0.15) is 6.17 Å². The zero-order valence-electron chi connectivity index (χ0n) is 19.9. The molecule has 33 heavy (non-hydrogen) atoms. The van der Waals surface area contributed by atoms with Crippen LogP contribution in [-0.4, -0.2) is 26.3 Å². The Morgan fingerprint density at radius 3 is 2.12 bits per heavy atom. The van der Waals surface area contributed by atoms with Crippen molar-refractivity contribution < 1.29 is 0 Å². The maximum absolute atomic E-state index is 3.91. The SMILES string of the molecule is CC1N(C)c2ccccc2Nc2cccc3c2C24[C@H](C2(C)[C@H]2N(C)c5ccccc5N32)[C@]14C. The van der Waals surface area contributed by atoms with Crippen LogP contribution in [0.4, 0.5) is 34.1 Å². The van der Waals surface area contributed by atoms with Gasteiger partial charge in [0, 0.05) is 53.3 Å². The quantitative estimate of drug-likeness (QED) is 0.462. The van der Waals surface area contributed by atoms with Gasteiger partial charge < -0.3 is 20.0 Å². The summed E-state index contributed by atoms with van der Waals surface area (Å²) >= 11 is 0. The van der Waals surface area contributed by atoms with Gasteiger partial charge in [0.15, 0.2) is 0 Å². The summed E-state index contributed by atoms with van der Waals surface area (Å²) in [7, 11) is 4.58. The molecule has 4 nitrogen and oxygen atoms in total. The van der Waals surface area contributed by atoms with Crippen LogP contribution in [0.3, 0.4) is 0 Å². The molecule has 3 aromatic carbocycles. The van der Waals surface area contributed by atoms with Crippen LogP contribution in [0.1, 0.15) is 26.3 Å². The summed E-state index contributed by atoms with van der Waals surface area (Å²) in [6, 6.07) is 25.1. The number of anilines is 6. The molecule has 0 amide bonds. The Morgan fingerprint density at radius 1 is 0.697 bits per heavy atom. The van der Waals surface area contributed by atoms with E-state index in [4.69, 9.17) is 0 Å². The average molecular weight is 435 g/mol. The van der Waals surface area contributed by atoms with E-state index in [1.54, 1.807) is 5.56 Å². The van der Waals surface area contributed by atoms with Crippen molar-refractivity contribution in [2.75, 3.05) is 34.1 Å². The fraction of sp³-hybridized carbons (Fsp3) is 0.379. The minimum Gasteiger partial charge on any atom is -0.370 e. The molecule has 0 aromatic heterocycles. The zero-order chi connectivity index (χ0) is 22.5. The molecular weight excluding hydrogens is 404 g/mol. The Kier molecular flexibility index (Phi) is 2.86. The average Bonchev–Trinajstić information content (AvgIpc) is 3.59. The second kappa shape index (κ2) is 5.16. The molecule has 8 rings (SSSR count). The molecule has 0 saturated heterocycles. The van der Waals surface area contributed by atoms with E-state index >= 15 is 0 Å². The monoisotopic (exact) mass is 434 g/mol. The van der Waals surface area contributed by atoms with Crippen LogP contribution in [0.5, 0.6) is 0 Å². The summed E-state index contributed by atoms with van der Waals surface area (Å²) in [5.41, 5.74) is 10.0. The van der Waals surface area contributed by atoms with Crippen molar-refractivity contribution in [3.63, 3.8) is 0 Å². The first-order valence-corrected chi connectivity index (χ1v) is 12.2. The Bertz CT molecular complexity index is 1380. The van der Waals surface area contributed by atoms with E-state index in [-0.39, 0.29) is 16.2 Å². The lowest BCUT2D eigenvalue weighted by Crippen LogP contribution is -2.58. The van der Waals surface area contributed by atoms with Crippen molar-refractivity contribution >= 4 is 34.1 Å². The number of para-hydroxylation sites is 4. The highest BCUT2D eigenvalue weighted by Gasteiger charge is 3.04. The molecule has 0 radical (unpaired) electrons. The molecule has 5 aliphatic rings. The molecule has 1 N–H and O–H groups in total. The molecule has 2 saturated carbocycles. The number of rotatable bonds is 0. The minimum atomic E-state index is 0.187. The van der Waals surface area contributed by atoms with Crippen LogP contribution in [0, 0.1) is 16.7 Å². The number of nitrogens with one attached hydrogen (secondary N) is 1. The summed E-state index contributed by atoms with van der Waals surface area (Å²) in [4.78, 5) is 7.72. The summed E-state index contributed by atoms with van der Waals surface area (Å²) in [6.45, 7) is 7.58. The third kappa shape index (κ3) is 1.58. The van der Waals surface area contributed by atoms with Gasteiger partial charge in [0.05, 0.1) is 22.7 Å². The number of hydrogen-bond acceptors (Lipinski definition) is 4. The van der Waals surface area contributed by atoms with Gasteiger partial charge in [-0.1, -0.05) is 44.2 Å². The highest BCUT2D eigenvalue weighted by molar-refractivity contribution is 5.95. The van der Waals surface area contributed by atoms with E-state index in [0.29, 0.717) is 18.1 Å². The standard InChI is InChI=1S/C29H30N4/c1-17-27(2)25-28(3)26-32(5)21-14-8-9-15-22(21)33(26)23-16-10-12-19(24(23)29(25,27)28)30-18-11-6-7-13-20(18)31(17)4/h6-17,25-26,30H,1-5H3/t17?,25-,26-,27-,28?,29?/m0/s1. The first-order chi connectivity index (χ1) is 15.9. The van der Waals surface area contributed by atoms with Crippen LogP contribution in [0.15, 0.2) is 66.7 Å². The molecule has 0 bridgehead atoms. The summed E-state index contributed by atoms with van der Waals surface area (Å²) in [5, 5.41) is 3.91. The molecule has 3 unspecified atom stereocenters. The van der Waals surface area contributed by atoms with E-state index in [2.05, 4.69) is 122 Å². The van der Waals surface area contributed by atoms with Gasteiger partial charge in [-0.15, -0.1) is 0 Å². The van der Waals surface area contributed by atoms with Crippen molar-refractivity contribution in [1.29, 1.82) is 0 Å². The van der Waals surface area contributed by atoms with Crippen molar-refractivity contribution in [2.45, 2.75) is 38.4 Å². The number of fused-ring (bicyclic) bond motifs is 8. The van der Waals surface area contributed by atoms with Gasteiger partial charge in [-0.25, -0.2) is 0 Å². The van der Waals surface area contributed by atoms with Crippen molar-refractivity contribution in [1.82, 2.24) is 0 Å². The second-order valence-corrected chi connectivity index (χ2v) is 11.3. The molecule has 1 spiro atoms. The van der Waals surface area contributed by atoms with Crippen LogP contribution in [0.2, 0.25) is 0 Å². The van der Waals surface area contributed by atoms with E-state index in [1.165, 1.54) is 34.1 Å². The number of nitrogens with zero attached hydrogens (tertiary/aromatic N) is 3. The van der Waals surface area contributed by atoms with E-state index in [1.807, 2.05) is 0 Å². The smallest absolute Gasteiger partial charge is 0.113 e. The fourth-order valence-corrected chi connectivity index (χ4v) is 9.25. The topological polar surface area (TPSA) is 21.8 Å². The Balaban J connectivity index is 1.45. The molecule has 3 aliphatic heterocycles. The summed E-state index contributed by atoms with van der Waals surface area (Å²) in [6.07, 6.45) is 0.358. The largest absolute Gasteiger partial charge is 0.370 e. The normalized spacial score (nSPS) is 38.0.